The lowest BCUT2D eigenvalue weighted by atomic mass is 9.74. The van der Waals surface area contributed by atoms with Gasteiger partial charge < -0.3 is 9.84 Å². The molecule has 0 heterocycles. The highest BCUT2D eigenvalue weighted by atomic mass is 16.5. The number of carbonyl (C=O) groups excluding carboxylic acids is 1. The molecule has 0 amide bonds. The van der Waals surface area contributed by atoms with E-state index in [4.69, 9.17) is 4.74 Å². The molecule has 1 aromatic rings. The summed E-state index contributed by atoms with van der Waals surface area (Å²) in [7, 11) is 0. The van der Waals surface area contributed by atoms with E-state index in [0.29, 0.717) is 6.61 Å². The van der Waals surface area contributed by atoms with Gasteiger partial charge in [0, 0.05) is 0 Å². The third-order valence-corrected chi connectivity index (χ3v) is 4.73. The highest BCUT2D eigenvalue weighted by molar-refractivity contribution is 5.72. The van der Waals surface area contributed by atoms with Gasteiger partial charge in [-0.1, -0.05) is 67.0 Å². The second-order valence-electron chi connectivity index (χ2n) is 10.3. The molecule has 0 aliphatic carbocycles. The maximum atomic E-state index is 12.8. The first-order valence-electron chi connectivity index (χ1n) is 10.4. The fourth-order valence-electron chi connectivity index (χ4n) is 3.60. The SMILES string of the molecule is CCCCOC(=O)C(CC(CC(C)(C)C)c1ccc(O)cc1)CC(C)(C)C. The third-order valence-electron chi connectivity index (χ3n) is 4.73. The van der Waals surface area contributed by atoms with E-state index in [2.05, 4.69) is 48.5 Å². The second kappa shape index (κ2) is 10.1. The van der Waals surface area contributed by atoms with E-state index in [-0.39, 0.29) is 34.4 Å². The first-order valence-corrected chi connectivity index (χ1v) is 10.4. The largest absolute Gasteiger partial charge is 0.508 e. The molecule has 1 aromatic carbocycles. The fourth-order valence-corrected chi connectivity index (χ4v) is 3.60. The standard InChI is InChI=1S/C24H40O3/c1-8-9-14-27-22(26)20(17-24(5,6)7)15-19(16-23(2,3)4)18-10-12-21(25)13-11-18/h10-13,19-20,25H,8-9,14-17H2,1-7H3. The number of esters is 1. The molecule has 0 aliphatic heterocycles. The van der Waals surface area contributed by atoms with Gasteiger partial charge >= 0.3 is 5.97 Å². The van der Waals surface area contributed by atoms with Gasteiger partial charge in [0.05, 0.1) is 12.5 Å². The Labute approximate surface area is 166 Å². The molecule has 0 saturated carbocycles. The number of aromatic hydroxyl groups is 1. The Morgan fingerprint density at radius 2 is 1.56 bits per heavy atom. The number of carbonyl (C=O) groups is 1. The van der Waals surface area contributed by atoms with E-state index in [1.54, 1.807) is 12.1 Å². The summed E-state index contributed by atoms with van der Waals surface area (Å²) in [6.45, 7) is 15.9. The van der Waals surface area contributed by atoms with Crippen LogP contribution < -0.4 is 0 Å². The number of rotatable bonds is 9. The topological polar surface area (TPSA) is 46.5 Å². The summed E-state index contributed by atoms with van der Waals surface area (Å²) in [4.78, 5) is 12.8. The van der Waals surface area contributed by atoms with Gasteiger partial charge in [0.25, 0.3) is 0 Å². The molecule has 0 saturated heterocycles. The number of unbranched alkanes of at least 4 members (excludes halogenated alkanes) is 1. The zero-order chi connectivity index (χ0) is 20.7. The van der Waals surface area contributed by atoms with Gasteiger partial charge in [0.15, 0.2) is 0 Å². The van der Waals surface area contributed by atoms with Gasteiger partial charge in [-0.25, -0.2) is 0 Å². The van der Waals surface area contributed by atoms with Gasteiger partial charge in [-0.2, -0.15) is 0 Å². The molecule has 0 aromatic heterocycles. The Balaban J connectivity index is 3.04. The molecule has 2 unspecified atom stereocenters. The van der Waals surface area contributed by atoms with Gasteiger partial charge in [-0.3, -0.25) is 4.79 Å². The Morgan fingerprint density at radius 1 is 1.00 bits per heavy atom. The molecule has 0 fully saturated rings. The highest BCUT2D eigenvalue weighted by Gasteiger charge is 2.31. The lowest BCUT2D eigenvalue weighted by Crippen LogP contribution is -2.26. The average molecular weight is 377 g/mol. The van der Waals surface area contributed by atoms with Crippen molar-refractivity contribution in [1.29, 1.82) is 0 Å². The quantitative estimate of drug-likeness (QED) is 0.385. The normalized spacial score (nSPS) is 14.6. The summed E-state index contributed by atoms with van der Waals surface area (Å²) in [6.07, 6.45) is 4.52. The predicted molar refractivity (Wildman–Crippen MR) is 113 cm³/mol. The van der Waals surface area contributed by atoms with Crippen molar-refractivity contribution >= 4 is 5.97 Å². The monoisotopic (exact) mass is 376 g/mol. The molecule has 2 atom stereocenters. The van der Waals surface area contributed by atoms with Crippen LogP contribution in [0.25, 0.3) is 0 Å². The van der Waals surface area contributed by atoms with Crippen molar-refractivity contribution in [2.75, 3.05) is 6.61 Å². The van der Waals surface area contributed by atoms with Crippen LogP contribution in [0.5, 0.6) is 5.75 Å². The zero-order valence-electron chi connectivity index (χ0n) is 18.5. The minimum absolute atomic E-state index is 0.0592. The smallest absolute Gasteiger partial charge is 0.308 e. The molecule has 1 rings (SSSR count). The molecule has 0 bridgehead atoms. The first kappa shape index (κ1) is 23.5. The van der Waals surface area contributed by atoms with Crippen LogP contribution in [-0.4, -0.2) is 17.7 Å². The molecule has 154 valence electrons. The van der Waals surface area contributed by atoms with Crippen LogP contribution in [0.2, 0.25) is 0 Å². The zero-order valence-corrected chi connectivity index (χ0v) is 18.5. The number of phenols is 1. The van der Waals surface area contributed by atoms with E-state index in [0.717, 1.165) is 32.1 Å². The van der Waals surface area contributed by atoms with E-state index >= 15 is 0 Å². The summed E-state index contributed by atoms with van der Waals surface area (Å²) >= 11 is 0. The number of hydrogen-bond donors (Lipinski definition) is 1. The van der Waals surface area contributed by atoms with E-state index in [1.165, 1.54) is 5.56 Å². The van der Waals surface area contributed by atoms with E-state index in [9.17, 15) is 9.90 Å². The van der Waals surface area contributed by atoms with Crippen LogP contribution >= 0.6 is 0 Å². The van der Waals surface area contributed by atoms with Crippen LogP contribution in [0.3, 0.4) is 0 Å². The van der Waals surface area contributed by atoms with Crippen LogP contribution in [0.4, 0.5) is 0 Å². The average Bonchev–Trinajstić information content (AvgIpc) is 2.52. The maximum absolute atomic E-state index is 12.8. The molecular formula is C24H40O3. The second-order valence-corrected chi connectivity index (χ2v) is 10.3. The van der Waals surface area contributed by atoms with Crippen LogP contribution in [0.15, 0.2) is 24.3 Å². The van der Waals surface area contributed by atoms with Gasteiger partial charge in [0.1, 0.15) is 5.75 Å². The Kier molecular flexibility index (Phi) is 8.84. The Bertz CT molecular complexity index is 561. The molecule has 0 radical (unpaired) electrons. The lowest BCUT2D eigenvalue weighted by Gasteiger charge is -2.31. The number of benzene rings is 1. The number of hydrogen-bond acceptors (Lipinski definition) is 3. The Hall–Kier alpha value is -1.51. The van der Waals surface area contributed by atoms with Crippen molar-refractivity contribution in [3.8, 4) is 5.75 Å². The van der Waals surface area contributed by atoms with Crippen LogP contribution in [0.1, 0.15) is 92.1 Å². The van der Waals surface area contributed by atoms with E-state index in [1.807, 2.05) is 12.1 Å². The van der Waals surface area contributed by atoms with Crippen LogP contribution in [0, 0.1) is 16.7 Å². The van der Waals surface area contributed by atoms with Crippen molar-refractivity contribution in [2.45, 2.75) is 86.5 Å². The number of ether oxygens (including phenoxy) is 1. The minimum Gasteiger partial charge on any atom is -0.508 e. The Morgan fingerprint density at radius 3 is 2.04 bits per heavy atom. The molecular weight excluding hydrogens is 336 g/mol. The third kappa shape index (κ3) is 9.83. The molecule has 0 spiro atoms. The summed E-state index contributed by atoms with van der Waals surface area (Å²) in [5.74, 6) is 0.370. The van der Waals surface area contributed by atoms with Crippen LogP contribution in [-0.2, 0) is 9.53 Å². The predicted octanol–water partition coefficient (Wildman–Crippen LogP) is 6.70. The number of phenolic OH excluding ortho intramolecular Hbond substituents is 1. The molecule has 3 nitrogen and oxygen atoms in total. The van der Waals surface area contributed by atoms with Crippen molar-refractivity contribution in [1.82, 2.24) is 0 Å². The van der Waals surface area contributed by atoms with Gasteiger partial charge in [0.2, 0.25) is 0 Å². The summed E-state index contributed by atoms with van der Waals surface area (Å²) in [5, 5.41) is 9.64. The first-order chi connectivity index (χ1) is 12.4. The molecule has 27 heavy (non-hydrogen) atoms. The van der Waals surface area contributed by atoms with Crippen molar-refractivity contribution in [3.63, 3.8) is 0 Å². The van der Waals surface area contributed by atoms with Gasteiger partial charge in [-0.15, -0.1) is 0 Å². The molecule has 3 heteroatoms. The van der Waals surface area contributed by atoms with Gasteiger partial charge in [-0.05, 0) is 60.1 Å². The summed E-state index contributed by atoms with van der Waals surface area (Å²) < 4.78 is 5.60. The summed E-state index contributed by atoms with van der Waals surface area (Å²) in [6, 6.07) is 7.46. The van der Waals surface area contributed by atoms with E-state index < -0.39 is 0 Å². The molecule has 1 N–H and O–H groups in total. The highest BCUT2D eigenvalue weighted by Crippen LogP contribution is 2.39. The fraction of sp³-hybridized carbons (Fsp3) is 0.708. The van der Waals surface area contributed by atoms with Crippen molar-refractivity contribution in [3.05, 3.63) is 29.8 Å². The van der Waals surface area contributed by atoms with Crippen molar-refractivity contribution < 1.29 is 14.6 Å². The minimum atomic E-state index is -0.108. The maximum Gasteiger partial charge on any atom is 0.308 e. The summed E-state index contributed by atoms with van der Waals surface area (Å²) in [5.41, 5.74) is 1.40. The molecule has 0 aliphatic rings. The lowest BCUT2D eigenvalue weighted by molar-refractivity contribution is -0.150. The van der Waals surface area contributed by atoms with Crippen molar-refractivity contribution in [2.24, 2.45) is 16.7 Å².